The molecule has 6 nitrogen and oxygen atoms in total. The molecular formula is C38H57NO5Si. The Hall–Kier alpha value is -1.77. The number of hydrogen-bond donors (Lipinski definition) is 0. The number of hydrogen-bond acceptors (Lipinski definition) is 5. The monoisotopic (exact) mass is 635 g/mol. The van der Waals surface area contributed by atoms with E-state index in [0.717, 1.165) is 66.6 Å². The van der Waals surface area contributed by atoms with Crippen molar-refractivity contribution in [3.05, 3.63) is 68.7 Å². The summed E-state index contributed by atoms with van der Waals surface area (Å²) >= 11 is 0. The molecule has 7 heteroatoms. The first kappa shape index (κ1) is 33.1. The zero-order valence-corrected chi connectivity index (χ0v) is 30.6. The van der Waals surface area contributed by atoms with E-state index < -0.39 is 13.9 Å². The van der Waals surface area contributed by atoms with E-state index in [1.165, 1.54) is 15.9 Å². The molecule has 0 amide bonds. The second-order valence-electron chi connectivity index (χ2n) is 17.6. The van der Waals surface area contributed by atoms with Crippen molar-refractivity contribution in [2.45, 2.75) is 141 Å². The maximum absolute atomic E-state index is 15.1. The standard InChI is InChI=1S/C38H57NO5Si/c1-35(2,3)27-13-11-26(12-14-27)34-31-32(38(43-34)17-21-42-22-18-38)30-28(39(40)33(31)25-15-19-41-20-16-25)23-37(7,8)24-29(30)44-45(9,10)36(4,5)6/h11-14,25,29,34H,15-24H2,1-10H3/t29-,34+/m0/s1. The predicted octanol–water partition coefficient (Wildman–Crippen LogP) is 8.67. The molecule has 0 N–H and O–H groups in total. The summed E-state index contributed by atoms with van der Waals surface area (Å²) in [6, 6.07) is 8.97. The maximum atomic E-state index is 15.1. The van der Waals surface area contributed by atoms with Crippen molar-refractivity contribution >= 4 is 8.32 Å². The highest BCUT2D eigenvalue weighted by atomic mass is 28.4. The highest BCUT2D eigenvalue weighted by molar-refractivity contribution is 6.74. The number of fused-ring (bicyclic) bond motifs is 4. The van der Waals surface area contributed by atoms with Crippen LogP contribution in [0.5, 0.6) is 0 Å². The van der Waals surface area contributed by atoms with Gasteiger partial charge < -0.3 is 23.8 Å². The number of pyridine rings is 1. The highest BCUT2D eigenvalue weighted by Gasteiger charge is 2.56. The van der Waals surface area contributed by atoms with Crippen LogP contribution in [0, 0.1) is 10.6 Å². The van der Waals surface area contributed by atoms with Gasteiger partial charge in [0.15, 0.2) is 14.0 Å². The zero-order chi connectivity index (χ0) is 32.6. The van der Waals surface area contributed by atoms with Crippen LogP contribution in [-0.2, 0) is 36.1 Å². The molecule has 2 aromatic rings. The van der Waals surface area contributed by atoms with E-state index in [0.29, 0.717) is 26.4 Å². The zero-order valence-electron chi connectivity index (χ0n) is 29.6. The molecule has 0 unspecified atom stereocenters. The highest BCUT2D eigenvalue weighted by Crippen LogP contribution is 2.59. The third-order valence-corrected chi connectivity index (χ3v) is 16.1. The summed E-state index contributed by atoms with van der Waals surface area (Å²) in [5, 5.41) is 15.1. The molecule has 2 saturated heterocycles. The van der Waals surface area contributed by atoms with Crippen LogP contribution in [0.15, 0.2) is 24.3 Å². The van der Waals surface area contributed by atoms with Crippen molar-refractivity contribution in [2.24, 2.45) is 5.41 Å². The van der Waals surface area contributed by atoms with E-state index in [1.54, 1.807) is 0 Å². The largest absolute Gasteiger partial charge is 0.618 e. The predicted molar refractivity (Wildman–Crippen MR) is 181 cm³/mol. The Morgan fingerprint density at radius 3 is 2.07 bits per heavy atom. The summed E-state index contributed by atoms with van der Waals surface area (Å²) in [4.78, 5) is 0. The summed E-state index contributed by atoms with van der Waals surface area (Å²) in [6.45, 7) is 25.6. The molecule has 248 valence electrons. The Morgan fingerprint density at radius 2 is 1.49 bits per heavy atom. The summed E-state index contributed by atoms with van der Waals surface area (Å²) < 4.78 is 28.0. The number of rotatable bonds is 4. The van der Waals surface area contributed by atoms with Gasteiger partial charge in [0.25, 0.3) is 0 Å². The Bertz CT molecular complexity index is 1410. The quantitative estimate of drug-likeness (QED) is 0.191. The van der Waals surface area contributed by atoms with E-state index in [2.05, 4.69) is 92.7 Å². The van der Waals surface area contributed by atoms with Gasteiger partial charge in [0.2, 0.25) is 5.69 Å². The van der Waals surface area contributed by atoms with Crippen molar-refractivity contribution in [2.75, 3.05) is 26.4 Å². The van der Waals surface area contributed by atoms with Crippen LogP contribution in [0.2, 0.25) is 18.1 Å². The van der Waals surface area contributed by atoms with Crippen LogP contribution in [0.3, 0.4) is 0 Å². The van der Waals surface area contributed by atoms with E-state index in [4.69, 9.17) is 18.6 Å². The molecule has 4 heterocycles. The average Bonchev–Trinajstić information content (AvgIpc) is 3.26. The molecule has 4 aliphatic rings. The van der Waals surface area contributed by atoms with Gasteiger partial charge in [0.1, 0.15) is 6.10 Å². The van der Waals surface area contributed by atoms with Crippen molar-refractivity contribution in [3.8, 4) is 0 Å². The number of benzene rings is 1. The first-order valence-electron chi connectivity index (χ1n) is 17.4. The van der Waals surface area contributed by atoms with Gasteiger partial charge in [-0.15, -0.1) is 0 Å². The Morgan fingerprint density at radius 1 is 0.889 bits per heavy atom. The fourth-order valence-corrected chi connectivity index (χ4v) is 9.24. The lowest BCUT2D eigenvalue weighted by molar-refractivity contribution is -0.627. The molecule has 3 aliphatic heterocycles. The molecule has 0 saturated carbocycles. The molecule has 1 aliphatic carbocycles. The van der Waals surface area contributed by atoms with Gasteiger partial charge >= 0.3 is 0 Å². The molecule has 1 spiro atoms. The molecular weight excluding hydrogens is 579 g/mol. The van der Waals surface area contributed by atoms with Crippen LogP contribution in [0.1, 0.15) is 145 Å². The molecule has 1 aromatic heterocycles. The van der Waals surface area contributed by atoms with E-state index in [9.17, 15) is 0 Å². The minimum absolute atomic E-state index is 0.0532. The van der Waals surface area contributed by atoms with Crippen LogP contribution < -0.4 is 4.73 Å². The first-order chi connectivity index (χ1) is 20.9. The first-order valence-corrected chi connectivity index (χ1v) is 20.3. The minimum Gasteiger partial charge on any atom is -0.618 e. The summed E-state index contributed by atoms with van der Waals surface area (Å²) in [5.74, 6) is 0.134. The lowest BCUT2D eigenvalue weighted by Gasteiger charge is -2.45. The SMILES string of the molecule is CC1(C)Cc2c(c3c(c(C4CCOCC4)[n+]2[O-])[C@@H](c2ccc(C(C)(C)C)cc2)OC32CCOCC2)[C@@H](O[Si](C)(C)C(C)(C)C)C1. The van der Waals surface area contributed by atoms with Crippen LogP contribution in [0.25, 0.3) is 0 Å². The summed E-state index contributed by atoms with van der Waals surface area (Å²) in [7, 11) is -2.18. The topological polar surface area (TPSA) is 63.9 Å². The molecule has 2 fully saturated rings. The maximum Gasteiger partial charge on any atom is 0.202 e. The number of aromatic nitrogens is 1. The molecule has 0 bridgehead atoms. The molecule has 1 aromatic carbocycles. The van der Waals surface area contributed by atoms with Crippen LogP contribution >= 0.6 is 0 Å². The normalized spacial score (nSPS) is 25.3. The molecule has 0 radical (unpaired) electrons. The lowest BCUT2D eigenvalue weighted by Crippen LogP contribution is -2.50. The smallest absolute Gasteiger partial charge is 0.202 e. The fourth-order valence-electron chi connectivity index (χ4n) is 7.98. The van der Waals surface area contributed by atoms with E-state index >= 15 is 5.21 Å². The Balaban J connectivity index is 1.64. The summed E-state index contributed by atoms with van der Waals surface area (Å²) in [5.41, 5.74) is 7.26. The van der Waals surface area contributed by atoms with Gasteiger partial charge in [-0.05, 0) is 59.4 Å². The molecule has 45 heavy (non-hydrogen) atoms. The minimum atomic E-state index is -2.18. The Labute approximate surface area is 272 Å². The van der Waals surface area contributed by atoms with Gasteiger partial charge in [-0.3, -0.25) is 0 Å². The third kappa shape index (κ3) is 5.94. The van der Waals surface area contributed by atoms with Crippen molar-refractivity contribution in [3.63, 3.8) is 0 Å². The van der Waals surface area contributed by atoms with Crippen molar-refractivity contribution in [1.82, 2.24) is 0 Å². The van der Waals surface area contributed by atoms with Crippen molar-refractivity contribution < 1.29 is 23.4 Å². The number of ether oxygens (including phenoxy) is 3. The van der Waals surface area contributed by atoms with Crippen LogP contribution in [-0.4, -0.2) is 34.7 Å². The van der Waals surface area contributed by atoms with E-state index in [1.807, 2.05) is 0 Å². The molecule has 2 atom stereocenters. The van der Waals surface area contributed by atoms with Gasteiger partial charge in [-0.2, -0.15) is 4.73 Å². The van der Waals surface area contributed by atoms with Gasteiger partial charge in [0.05, 0.1) is 22.8 Å². The van der Waals surface area contributed by atoms with Gasteiger partial charge in [-0.25, -0.2) is 0 Å². The molecule has 6 rings (SSSR count). The average molecular weight is 636 g/mol. The van der Waals surface area contributed by atoms with Gasteiger partial charge in [0, 0.05) is 57.2 Å². The third-order valence-electron chi connectivity index (χ3n) is 11.6. The van der Waals surface area contributed by atoms with Crippen molar-refractivity contribution in [1.29, 1.82) is 0 Å². The Kier molecular flexibility index (Phi) is 8.42. The number of nitrogens with zero attached hydrogens (tertiary/aromatic N) is 1. The lowest BCUT2D eigenvalue weighted by atomic mass is 9.69. The van der Waals surface area contributed by atoms with Crippen LogP contribution in [0.4, 0.5) is 0 Å². The fraction of sp³-hybridized carbons (Fsp3) is 0.711. The second-order valence-corrected chi connectivity index (χ2v) is 22.4. The second kappa shape index (κ2) is 11.4. The van der Waals surface area contributed by atoms with Gasteiger partial charge in [-0.1, -0.05) is 79.7 Å². The van der Waals surface area contributed by atoms with E-state index in [-0.39, 0.29) is 34.0 Å². The summed E-state index contributed by atoms with van der Waals surface area (Å²) in [6.07, 6.45) is 4.47.